The monoisotopic (exact) mass is 891 g/mol. The molecule has 0 radical (unpaired) electrons. The van der Waals surface area contributed by atoms with Crippen LogP contribution in [-0.2, 0) is 21.1 Å². The van der Waals surface area contributed by atoms with Gasteiger partial charge in [0.2, 0.25) is 0 Å². The quantitative estimate of drug-likeness (QED) is 0.149. The van der Waals surface area contributed by atoms with Crippen LogP contribution < -0.4 is 14.7 Å². The number of pyridine rings is 1. The SMILES string of the molecule is [2H]C([2H])([2H])N1CN(c2[c-]c(N(c3[c-]c4c(cc3)c3ccccc3n4-c3cc(-c4ccccc4-c4ccccc4)ccn3)c3ccccc3)ccc2)c2ccccc21.[Pt+2]. The molecule has 10 rings (SSSR count). The molecule has 3 heterocycles. The molecule has 9 aromatic rings. The molecule has 266 valence electrons. The van der Waals surface area contributed by atoms with Crippen molar-refractivity contribution in [1.29, 1.82) is 0 Å². The van der Waals surface area contributed by atoms with Crippen LogP contribution in [0.3, 0.4) is 0 Å². The van der Waals surface area contributed by atoms with E-state index in [-0.39, 0.29) is 27.7 Å². The minimum Gasteiger partial charge on any atom is -0.358 e. The van der Waals surface area contributed by atoms with Gasteiger partial charge in [-0.05, 0) is 70.1 Å². The van der Waals surface area contributed by atoms with Crippen molar-refractivity contribution in [2.24, 2.45) is 0 Å². The fourth-order valence-corrected chi connectivity index (χ4v) is 7.70. The van der Waals surface area contributed by atoms with Gasteiger partial charge < -0.3 is 19.3 Å². The number of anilines is 6. The molecule has 0 spiro atoms. The van der Waals surface area contributed by atoms with Gasteiger partial charge in [0, 0.05) is 28.5 Å². The summed E-state index contributed by atoms with van der Waals surface area (Å²) in [6.07, 6.45) is 1.89. The summed E-state index contributed by atoms with van der Waals surface area (Å²) >= 11 is 0. The van der Waals surface area contributed by atoms with E-state index in [4.69, 9.17) is 9.10 Å². The molecule has 7 aromatic carbocycles. The van der Waals surface area contributed by atoms with Gasteiger partial charge in [-0.25, -0.2) is 4.98 Å². The van der Waals surface area contributed by atoms with Gasteiger partial charge in [-0.3, -0.25) is 0 Å². The molecule has 0 bridgehead atoms. The van der Waals surface area contributed by atoms with Gasteiger partial charge in [0.15, 0.2) is 0 Å². The summed E-state index contributed by atoms with van der Waals surface area (Å²) < 4.78 is 26.9. The van der Waals surface area contributed by atoms with Crippen LogP contribution >= 0.6 is 0 Å². The van der Waals surface area contributed by atoms with Crippen LogP contribution in [0.2, 0.25) is 0 Å². The zero-order valence-corrected chi connectivity index (χ0v) is 31.9. The van der Waals surface area contributed by atoms with Crippen molar-refractivity contribution in [2.75, 3.05) is 28.3 Å². The third-order valence-electron chi connectivity index (χ3n) is 10.2. The molecule has 0 unspecified atom stereocenters. The Bertz CT molecular complexity index is 2910. The standard InChI is InChI=1S/C49H35N5.Pt/c1-51-34-52(47-26-13-12-25-46(47)51)38-19-14-20-39(32-38)53(37-17-6-3-7-18-37)40-27-28-44-43-23-10-11-24-45(43)54(48(44)33-40)49-31-36(29-30-50-49)42-22-9-8-21-41(42)35-15-4-2-5-16-35;/h2-31H,34H2,1H3;/q-2;+2/i1D3;. The molecule has 0 amide bonds. The second-order valence-corrected chi connectivity index (χ2v) is 13.4. The summed E-state index contributed by atoms with van der Waals surface area (Å²) in [5, 5.41) is 2.17. The maximum atomic E-state index is 8.24. The molecular weight excluding hydrogens is 854 g/mol. The van der Waals surface area contributed by atoms with Gasteiger partial charge in [0.1, 0.15) is 5.82 Å². The molecule has 5 nitrogen and oxygen atoms in total. The number of aromatic nitrogens is 2. The summed E-state index contributed by atoms with van der Waals surface area (Å²) in [4.78, 5) is 10.6. The predicted octanol–water partition coefficient (Wildman–Crippen LogP) is 12.1. The second kappa shape index (κ2) is 14.4. The van der Waals surface area contributed by atoms with Crippen molar-refractivity contribution >= 4 is 55.9 Å². The van der Waals surface area contributed by atoms with E-state index in [0.717, 1.165) is 78.3 Å². The summed E-state index contributed by atoms with van der Waals surface area (Å²) in [6, 6.07) is 67.2. The molecule has 0 atom stereocenters. The van der Waals surface area contributed by atoms with Crippen molar-refractivity contribution in [3.63, 3.8) is 0 Å². The number of rotatable bonds is 7. The van der Waals surface area contributed by atoms with Crippen LogP contribution in [0.1, 0.15) is 4.11 Å². The first kappa shape index (κ1) is 31.0. The Balaban J connectivity index is 0.00000436. The predicted molar refractivity (Wildman–Crippen MR) is 224 cm³/mol. The zero-order chi connectivity index (χ0) is 38.5. The summed E-state index contributed by atoms with van der Waals surface area (Å²) in [5.74, 6) is 0.793. The van der Waals surface area contributed by atoms with E-state index >= 15 is 0 Å². The molecule has 1 aliphatic rings. The number of para-hydroxylation sites is 4. The fourth-order valence-electron chi connectivity index (χ4n) is 7.70. The molecule has 0 aliphatic carbocycles. The number of nitrogens with zero attached hydrogens (tertiary/aromatic N) is 5. The van der Waals surface area contributed by atoms with Crippen LogP contribution in [0.15, 0.2) is 182 Å². The topological polar surface area (TPSA) is 27.5 Å². The van der Waals surface area contributed by atoms with Crippen LogP contribution in [0.4, 0.5) is 34.1 Å². The van der Waals surface area contributed by atoms with Gasteiger partial charge in [0.25, 0.3) is 0 Å². The third-order valence-corrected chi connectivity index (χ3v) is 10.2. The summed E-state index contributed by atoms with van der Waals surface area (Å²) in [7, 11) is 0. The minimum atomic E-state index is -2.29. The van der Waals surface area contributed by atoms with Gasteiger partial charge >= 0.3 is 21.1 Å². The largest absolute Gasteiger partial charge is 2.00 e. The van der Waals surface area contributed by atoms with Crippen molar-refractivity contribution in [2.45, 2.75) is 0 Å². The van der Waals surface area contributed by atoms with E-state index in [0.29, 0.717) is 5.69 Å². The van der Waals surface area contributed by atoms with E-state index in [1.54, 1.807) is 0 Å². The summed E-state index contributed by atoms with van der Waals surface area (Å²) in [6.45, 7) is -2.11. The first-order chi connectivity index (χ1) is 27.9. The van der Waals surface area contributed by atoms with Crippen molar-refractivity contribution in [3.05, 3.63) is 194 Å². The minimum absolute atomic E-state index is 0. The second-order valence-electron chi connectivity index (χ2n) is 13.4. The van der Waals surface area contributed by atoms with E-state index in [2.05, 4.69) is 131 Å². The maximum Gasteiger partial charge on any atom is 2.00 e. The number of benzene rings is 7. The Labute approximate surface area is 339 Å². The molecule has 0 N–H and O–H groups in total. The first-order valence-corrected chi connectivity index (χ1v) is 18.0. The van der Waals surface area contributed by atoms with Crippen molar-refractivity contribution in [1.82, 2.24) is 9.55 Å². The van der Waals surface area contributed by atoms with E-state index in [9.17, 15) is 0 Å². The fraction of sp³-hybridized carbons (Fsp3) is 0.0408. The smallest absolute Gasteiger partial charge is 0.358 e. The number of hydrogen-bond acceptors (Lipinski definition) is 4. The van der Waals surface area contributed by atoms with E-state index < -0.39 is 6.98 Å². The Morgan fingerprint density at radius 3 is 2.11 bits per heavy atom. The molecule has 1 aliphatic heterocycles. The number of fused-ring (bicyclic) bond motifs is 4. The molecule has 6 heteroatoms. The molecular formula is C49H35N5Pt. The van der Waals surface area contributed by atoms with Crippen LogP contribution in [0.25, 0.3) is 49.9 Å². The average Bonchev–Trinajstić information content (AvgIpc) is 3.82. The third kappa shape index (κ3) is 6.07. The summed E-state index contributed by atoms with van der Waals surface area (Å²) in [5.41, 5.74) is 11.3. The normalized spacial score (nSPS) is 13.2. The van der Waals surface area contributed by atoms with Gasteiger partial charge in [-0.2, -0.15) is 12.1 Å². The Morgan fingerprint density at radius 1 is 0.600 bits per heavy atom. The van der Waals surface area contributed by atoms with Crippen LogP contribution in [0.5, 0.6) is 0 Å². The van der Waals surface area contributed by atoms with Gasteiger partial charge in [-0.15, -0.1) is 35.7 Å². The maximum absolute atomic E-state index is 8.24. The van der Waals surface area contributed by atoms with Gasteiger partial charge in [-0.1, -0.05) is 126 Å². The average molecular weight is 892 g/mol. The van der Waals surface area contributed by atoms with Crippen molar-refractivity contribution < 1.29 is 25.2 Å². The zero-order valence-electron chi connectivity index (χ0n) is 32.6. The van der Waals surface area contributed by atoms with E-state index in [1.807, 2.05) is 77.8 Å². The Kier molecular flexibility index (Phi) is 8.13. The Hall–Kier alpha value is -6.42. The van der Waals surface area contributed by atoms with Crippen LogP contribution in [0, 0.1) is 12.1 Å². The molecule has 0 saturated heterocycles. The molecule has 0 fully saturated rings. The molecule has 2 aromatic heterocycles. The Morgan fingerprint density at radius 2 is 1.29 bits per heavy atom. The molecule has 0 saturated carbocycles. The van der Waals surface area contributed by atoms with Crippen molar-refractivity contribution in [3.8, 4) is 28.1 Å². The van der Waals surface area contributed by atoms with Crippen LogP contribution in [-0.4, -0.2) is 23.2 Å². The number of hydrogen-bond donors (Lipinski definition) is 0. The first-order valence-electron chi connectivity index (χ1n) is 19.5. The molecule has 55 heavy (non-hydrogen) atoms. The van der Waals surface area contributed by atoms with E-state index in [1.165, 1.54) is 4.90 Å². The van der Waals surface area contributed by atoms with Gasteiger partial charge in [0.05, 0.1) is 18.0 Å².